The summed E-state index contributed by atoms with van der Waals surface area (Å²) in [5, 5.41) is -0.155. The zero-order valence-corrected chi connectivity index (χ0v) is 20.1. The number of halogens is 4. The van der Waals surface area contributed by atoms with Crippen molar-refractivity contribution in [3.05, 3.63) is 98.3 Å². The van der Waals surface area contributed by atoms with Gasteiger partial charge in [-0.3, -0.25) is 4.79 Å². The molecule has 3 aromatic carbocycles. The van der Waals surface area contributed by atoms with Crippen molar-refractivity contribution in [2.75, 3.05) is 0 Å². The Labute approximate surface area is 206 Å². The lowest BCUT2D eigenvalue weighted by Gasteiger charge is -2.16. The van der Waals surface area contributed by atoms with Crippen molar-refractivity contribution in [3.63, 3.8) is 0 Å². The van der Waals surface area contributed by atoms with Crippen molar-refractivity contribution in [1.29, 1.82) is 0 Å². The highest BCUT2D eigenvalue weighted by atomic mass is 79.9. The molecule has 0 unspecified atom stereocenters. The number of carbonyl (C=O) groups excluding carboxylic acids is 1. The van der Waals surface area contributed by atoms with Crippen LogP contribution in [0.2, 0.25) is 0 Å². The molecule has 0 radical (unpaired) electrons. The van der Waals surface area contributed by atoms with Gasteiger partial charge in [0.05, 0.1) is 10.9 Å². The van der Waals surface area contributed by atoms with Crippen molar-refractivity contribution in [3.8, 4) is 17.2 Å². The van der Waals surface area contributed by atoms with Gasteiger partial charge in [-0.2, -0.15) is 13.2 Å². The van der Waals surface area contributed by atoms with Gasteiger partial charge in [-0.05, 0) is 47.9 Å². The lowest BCUT2D eigenvalue weighted by Crippen LogP contribution is -2.16. The minimum atomic E-state index is -5.02. The van der Waals surface area contributed by atoms with Crippen LogP contribution in [0.3, 0.4) is 0 Å². The molecule has 0 bridgehead atoms. The van der Waals surface area contributed by atoms with Crippen molar-refractivity contribution in [2.45, 2.75) is 25.9 Å². The third-order valence-corrected chi connectivity index (χ3v) is 5.60. The van der Waals surface area contributed by atoms with E-state index in [2.05, 4.69) is 15.9 Å². The molecular formula is C26H18BrF3O5. The molecule has 9 heteroatoms. The van der Waals surface area contributed by atoms with E-state index >= 15 is 0 Å². The lowest BCUT2D eigenvalue weighted by molar-refractivity contribution is -0.154. The van der Waals surface area contributed by atoms with E-state index in [1.54, 1.807) is 30.3 Å². The topological polar surface area (TPSA) is 65.7 Å². The van der Waals surface area contributed by atoms with Gasteiger partial charge in [-0.25, -0.2) is 4.79 Å². The van der Waals surface area contributed by atoms with Crippen LogP contribution in [0.1, 0.15) is 41.4 Å². The second kappa shape index (κ2) is 9.58. The number of benzene rings is 3. The number of fused-ring (bicyclic) bond motifs is 1. The first-order chi connectivity index (χ1) is 16.5. The average molecular weight is 547 g/mol. The number of para-hydroxylation sites is 1. The summed E-state index contributed by atoms with van der Waals surface area (Å²) in [4.78, 5) is 25.5. The Morgan fingerprint density at radius 3 is 2.43 bits per heavy atom. The molecule has 0 atom stereocenters. The third kappa shape index (κ3) is 5.24. The molecule has 1 aromatic heterocycles. The summed E-state index contributed by atoms with van der Waals surface area (Å²) in [7, 11) is 0. The average Bonchev–Trinajstić information content (AvgIpc) is 2.80. The first kappa shape index (κ1) is 24.5. The normalized spacial score (nSPS) is 11.6. The molecule has 0 fully saturated rings. The number of hydrogen-bond donors (Lipinski definition) is 0. The van der Waals surface area contributed by atoms with Crippen molar-refractivity contribution in [2.24, 2.45) is 0 Å². The second-order valence-corrected chi connectivity index (χ2v) is 8.86. The predicted octanol–water partition coefficient (Wildman–Crippen LogP) is 7.71. The SMILES string of the molecule is CC(C)c1ccccc1Oc1c(C(F)(F)F)oc2cc(OC(=O)c3cccc(Br)c3)ccc2c1=O. The molecule has 0 saturated heterocycles. The molecule has 0 N–H and O–H groups in total. The molecule has 0 aliphatic rings. The van der Waals surface area contributed by atoms with Crippen LogP contribution in [-0.4, -0.2) is 5.97 Å². The van der Waals surface area contributed by atoms with Crippen LogP contribution in [0.4, 0.5) is 13.2 Å². The first-order valence-corrected chi connectivity index (χ1v) is 11.3. The highest BCUT2D eigenvalue weighted by molar-refractivity contribution is 9.10. The molecule has 0 spiro atoms. The van der Waals surface area contributed by atoms with Gasteiger partial charge in [0.1, 0.15) is 17.1 Å². The molecule has 4 rings (SSSR count). The van der Waals surface area contributed by atoms with E-state index in [-0.39, 0.29) is 28.4 Å². The third-order valence-electron chi connectivity index (χ3n) is 5.10. The number of hydrogen-bond acceptors (Lipinski definition) is 5. The quantitative estimate of drug-likeness (QED) is 0.189. The first-order valence-electron chi connectivity index (χ1n) is 10.5. The smallest absolute Gasteiger partial charge is 0.449 e. The summed E-state index contributed by atoms with van der Waals surface area (Å²) in [6.45, 7) is 3.71. The minimum absolute atomic E-state index is 0.0597. The molecule has 4 aromatic rings. The Morgan fingerprint density at radius 1 is 1.00 bits per heavy atom. The van der Waals surface area contributed by atoms with Gasteiger partial charge in [0, 0.05) is 10.5 Å². The van der Waals surface area contributed by atoms with Gasteiger partial charge in [0.15, 0.2) is 0 Å². The summed E-state index contributed by atoms with van der Waals surface area (Å²) in [5.41, 5.74) is -0.534. The van der Waals surface area contributed by atoms with Crippen LogP contribution in [-0.2, 0) is 6.18 Å². The Hall–Kier alpha value is -3.59. The molecule has 0 aliphatic heterocycles. The summed E-state index contributed by atoms with van der Waals surface area (Å²) in [5.74, 6) is -3.29. The van der Waals surface area contributed by atoms with Gasteiger partial charge >= 0.3 is 12.1 Å². The molecule has 0 aliphatic carbocycles. The summed E-state index contributed by atoms with van der Waals surface area (Å²) < 4.78 is 58.2. The maximum Gasteiger partial charge on any atom is 0.453 e. The zero-order chi connectivity index (χ0) is 25.3. The van der Waals surface area contributed by atoms with Crippen molar-refractivity contribution < 1.29 is 31.9 Å². The molecule has 5 nitrogen and oxygen atoms in total. The fourth-order valence-electron chi connectivity index (χ4n) is 3.44. The van der Waals surface area contributed by atoms with Crippen LogP contribution >= 0.6 is 15.9 Å². The molecule has 1 heterocycles. The number of carbonyl (C=O) groups is 1. The van der Waals surface area contributed by atoms with Crippen LogP contribution < -0.4 is 14.9 Å². The van der Waals surface area contributed by atoms with E-state index in [1.165, 1.54) is 30.3 Å². The molecule has 0 saturated carbocycles. The highest BCUT2D eigenvalue weighted by Crippen LogP contribution is 2.40. The van der Waals surface area contributed by atoms with E-state index in [4.69, 9.17) is 13.9 Å². The Bertz CT molecular complexity index is 1470. The lowest BCUT2D eigenvalue weighted by atomic mass is 10.0. The fraction of sp³-hybridized carbons (Fsp3) is 0.154. The molecular weight excluding hydrogens is 529 g/mol. The van der Waals surface area contributed by atoms with Crippen LogP contribution in [0.15, 0.2) is 80.4 Å². The van der Waals surface area contributed by atoms with Gasteiger partial charge in [0.2, 0.25) is 11.2 Å². The van der Waals surface area contributed by atoms with E-state index < -0.39 is 34.7 Å². The van der Waals surface area contributed by atoms with E-state index in [0.29, 0.717) is 10.0 Å². The van der Waals surface area contributed by atoms with Crippen LogP contribution in [0, 0.1) is 0 Å². The fourth-order valence-corrected chi connectivity index (χ4v) is 3.84. The molecule has 0 amide bonds. The van der Waals surface area contributed by atoms with Gasteiger partial charge in [0.25, 0.3) is 5.76 Å². The number of esters is 1. The molecule has 180 valence electrons. The Morgan fingerprint density at radius 2 is 1.74 bits per heavy atom. The maximum absolute atomic E-state index is 13.9. The van der Waals surface area contributed by atoms with E-state index in [0.717, 1.165) is 6.07 Å². The largest absolute Gasteiger partial charge is 0.453 e. The number of ether oxygens (including phenoxy) is 2. The summed E-state index contributed by atoms with van der Waals surface area (Å²) >= 11 is 3.25. The zero-order valence-electron chi connectivity index (χ0n) is 18.5. The number of rotatable bonds is 5. The summed E-state index contributed by atoms with van der Waals surface area (Å²) in [6, 6.07) is 16.5. The monoisotopic (exact) mass is 546 g/mol. The Kier molecular flexibility index (Phi) is 6.71. The highest BCUT2D eigenvalue weighted by Gasteiger charge is 2.40. The molecule has 35 heavy (non-hydrogen) atoms. The standard InChI is InChI=1S/C26H18BrF3O5/c1-14(2)18-8-3-4-9-20(18)34-23-22(31)19-11-10-17(13-21(19)35-24(23)26(28,29)30)33-25(32)15-6-5-7-16(27)12-15/h3-14H,1-2H3. The van der Waals surface area contributed by atoms with Crippen LogP contribution in [0.5, 0.6) is 17.2 Å². The van der Waals surface area contributed by atoms with E-state index in [9.17, 15) is 22.8 Å². The maximum atomic E-state index is 13.9. The number of alkyl halides is 3. The Balaban J connectivity index is 1.78. The van der Waals surface area contributed by atoms with Crippen molar-refractivity contribution >= 4 is 32.9 Å². The van der Waals surface area contributed by atoms with Gasteiger partial charge < -0.3 is 13.9 Å². The van der Waals surface area contributed by atoms with Crippen molar-refractivity contribution in [1.82, 2.24) is 0 Å². The van der Waals surface area contributed by atoms with Gasteiger partial charge in [-0.1, -0.05) is 54.0 Å². The second-order valence-electron chi connectivity index (χ2n) is 7.94. The van der Waals surface area contributed by atoms with Crippen LogP contribution in [0.25, 0.3) is 11.0 Å². The van der Waals surface area contributed by atoms with E-state index in [1.807, 2.05) is 13.8 Å². The minimum Gasteiger partial charge on any atom is -0.449 e. The van der Waals surface area contributed by atoms with Gasteiger partial charge in [-0.15, -0.1) is 0 Å². The predicted molar refractivity (Wildman–Crippen MR) is 127 cm³/mol. The summed E-state index contributed by atoms with van der Waals surface area (Å²) in [6.07, 6.45) is -5.02.